The highest BCUT2D eigenvalue weighted by atomic mass is 32.2. The highest BCUT2D eigenvalue weighted by molar-refractivity contribution is 7.89. The fourth-order valence-electron chi connectivity index (χ4n) is 4.09. The normalized spacial score (nSPS) is 23.5. The maximum atomic E-state index is 13.0. The molecule has 1 saturated heterocycles. The first-order valence-corrected chi connectivity index (χ1v) is 10.7. The van der Waals surface area contributed by atoms with Crippen molar-refractivity contribution in [1.82, 2.24) is 9.21 Å². The Morgan fingerprint density at radius 2 is 1.56 bits per heavy atom. The second-order valence-electron chi connectivity index (χ2n) is 7.04. The van der Waals surface area contributed by atoms with E-state index < -0.39 is 10.0 Å². The van der Waals surface area contributed by atoms with E-state index in [4.69, 9.17) is 9.47 Å². The molecule has 0 unspecified atom stereocenters. The van der Waals surface area contributed by atoms with Gasteiger partial charge in [-0.25, -0.2) is 8.42 Å². The number of benzene rings is 1. The summed E-state index contributed by atoms with van der Waals surface area (Å²) in [5.41, 5.74) is 0. The molecule has 1 saturated carbocycles. The lowest BCUT2D eigenvalue weighted by molar-refractivity contribution is 0.111. The van der Waals surface area contributed by atoms with Gasteiger partial charge in [-0.1, -0.05) is 19.3 Å². The van der Waals surface area contributed by atoms with Crippen molar-refractivity contribution in [3.8, 4) is 11.5 Å². The molecule has 1 aromatic carbocycles. The number of hydrogen-bond acceptors (Lipinski definition) is 5. The molecule has 3 aliphatic rings. The van der Waals surface area contributed by atoms with Gasteiger partial charge in [-0.05, 0) is 25.0 Å². The molecule has 0 N–H and O–H groups in total. The molecule has 0 aromatic heterocycles. The third-order valence-electron chi connectivity index (χ3n) is 5.52. The van der Waals surface area contributed by atoms with Gasteiger partial charge in [0.2, 0.25) is 10.0 Å². The van der Waals surface area contributed by atoms with Crippen molar-refractivity contribution in [2.24, 2.45) is 0 Å². The van der Waals surface area contributed by atoms with Crippen molar-refractivity contribution in [3.05, 3.63) is 18.2 Å². The van der Waals surface area contributed by atoms with Gasteiger partial charge in [0.25, 0.3) is 0 Å². The lowest BCUT2D eigenvalue weighted by Gasteiger charge is -2.40. The molecule has 2 fully saturated rings. The molecule has 0 radical (unpaired) electrons. The molecule has 7 heteroatoms. The quantitative estimate of drug-likeness (QED) is 0.820. The molecular weight excluding hydrogens is 340 g/mol. The van der Waals surface area contributed by atoms with Crippen molar-refractivity contribution >= 4 is 10.0 Å². The van der Waals surface area contributed by atoms with Crippen LogP contribution < -0.4 is 9.47 Å². The molecule has 0 spiro atoms. The number of piperazine rings is 1. The molecule has 2 heterocycles. The Hall–Kier alpha value is -1.31. The van der Waals surface area contributed by atoms with Gasteiger partial charge >= 0.3 is 0 Å². The second-order valence-corrected chi connectivity index (χ2v) is 8.98. The average Bonchev–Trinajstić information content (AvgIpc) is 2.68. The Kier molecular flexibility index (Phi) is 4.88. The van der Waals surface area contributed by atoms with Crippen molar-refractivity contribution in [2.75, 3.05) is 39.4 Å². The van der Waals surface area contributed by atoms with Gasteiger partial charge in [0, 0.05) is 38.3 Å². The zero-order valence-corrected chi connectivity index (χ0v) is 15.3. The van der Waals surface area contributed by atoms with E-state index in [0.29, 0.717) is 48.7 Å². The summed E-state index contributed by atoms with van der Waals surface area (Å²) < 4.78 is 38.5. The Bertz CT molecular complexity index is 708. The van der Waals surface area contributed by atoms with Crippen LogP contribution >= 0.6 is 0 Å². The minimum atomic E-state index is -3.48. The summed E-state index contributed by atoms with van der Waals surface area (Å²) in [5, 5.41) is 0. The number of fused-ring (bicyclic) bond motifs is 1. The van der Waals surface area contributed by atoms with E-state index in [1.165, 1.54) is 32.1 Å². The van der Waals surface area contributed by atoms with Crippen molar-refractivity contribution in [2.45, 2.75) is 43.0 Å². The summed E-state index contributed by atoms with van der Waals surface area (Å²) in [6, 6.07) is 5.56. The van der Waals surface area contributed by atoms with Crippen LogP contribution in [0.5, 0.6) is 11.5 Å². The van der Waals surface area contributed by atoms with Crippen molar-refractivity contribution < 1.29 is 17.9 Å². The predicted octanol–water partition coefficient (Wildman–Crippen LogP) is 2.10. The number of hydrogen-bond donors (Lipinski definition) is 0. The third kappa shape index (κ3) is 3.50. The van der Waals surface area contributed by atoms with Crippen LogP contribution in [0.15, 0.2) is 23.1 Å². The van der Waals surface area contributed by atoms with E-state index in [1.807, 2.05) is 0 Å². The van der Waals surface area contributed by atoms with Crippen LogP contribution in [0.3, 0.4) is 0 Å². The molecule has 1 aliphatic carbocycles. The molecule has 2 aliphatic heterocycles. The van der Waals surface area contributed by atoms with Gasteiger partial charge < -0.3 is 9.47 Å². The van der Waals surface area contributed by atoms with Crippen LogP contribution in [0, 0.1) is 0 Å². The van der Waals surface area contributed by atoms with E-state index >= 15 is 0 Å². The molecule has 0 atom stereocenters. The van der Waals surface area contributed by atoms with Crippen LogP contribution in [0.25, 0.3) is 0 Å². The Morgan fingerprint density at radius 1 is 0.880 bits per heavy atom. The van der Waals surface area contributed by atoms with Gasteiger partial charge in [0.05, 0.1) is 4.90 Å². The Balaban J connectivity index is 1.44. The molecule has 0 amide bonds. The third-order valence-corrected chi connectivity index (χ3v) is 7.41. The lowest BCUT2D eigenvalue weighted by atomic mass is 9.94. The molecule has 0 bridgehead atoms. The maximum absolute atomic E-state index is 13.0. The Labute approximate surface area is 149 Å². The predicted molar refractivity (Wildman–Crippen MR) is 94.6 cm³/mol. The zero-order chi connectivity index (χ0) is 17.3. The van der Waals surface area contributed by atoms with Gasteiger partial charge in [-0.15, -0.1) is 0 Å². The molecule has 138 valence electrons. The van der Waals surface area contributed by atoms with Gasteiger partial charge in [-0.3, -0.25) is 4.90 Å². The van der Waals surface area contributed by atoms with Crippen molar-refractivity contribution in [1.29, 1.82) is 0 Å². The first-order valence-electron chi connectivity index (χ1n) is 9.28. The lowest BCUT2D eigenvalue weighted by Crippen LogP contribution is -2.52. The minimum absolute atomic E-state index is 0.294. The van der Waals surface area contributed by atoms with Crippen LogP contribution in [0.4, 0.5) is 0 Å². The topological polar surface area (TPSA) is 59.1 Å². The largest absolute Gasteiger partial charge is 0.486 e. The molecule has 25 heavy (non-hydrogen) atoms. The smallest absolute Gasteiger partial charge is 0.243 e. The summed E-state index contributed by atoms with van der Waals surface area (Å²) in [6.07, 6.45) is 6.47. The fourth-order valence-corrected chi connectivity index (χ4v) is 5.53. The van der Waals surface area contributed by atoms with E-state index in [2.05, 4.69) is 4.90 Å². The van der Waals surface area contributed by atoms with Crippen LogP contribution in [0.1, 0.15) is 32.1 Å². The van der Waals surface area contributed by atoms with Gasteiger partial charge in [0.15, 0.2) is 11.5 Å². The van der Waals surface area contributed by atoms with Crippen LogP contribution in [0.2, 0.25) is 0 Å². The molecule has 4 rings (SSSR count). The summed E-state index contributed by atoms with van der Waals surface area (Å²) in [4.78, 5) is 2.78. The fraction of sp³-hybridized carbons (Fsp3) is 0.667. The number of sulfonamides is 1. The van der Waals surface area contributed by atoms with E-state index in [1.54, 1.807) is 22.5 Å². The summed E-state index contributed by atoms with van der Waals surface area (Å²) in [6.45, 7) is 3.74. The van der Waals surface area contributed by atoms with Crippen LogP contribution in [-0.4, -0.2) is 63.1 Å². The molecule has 1 aromatic rings. The summed E-state index contributed by atoms with van der Waals surface area (Å²) >= 11 is 0. The van der Waals surface area contributed by atoms with E-state index in [9.17, 15) is 8.42 Å². The minimum Gasteiger partial charge on any atom is -0.486 e. The van der Waals surface area contributed by atoms with Crippen LogP contribution in [-0.2, 0) is 10.0 Å². The second kappa shape index (κ2) is 7.13. The van der Waals surface area contributed by atoms with E-state index in [0.717, 1.165) is 13.1 Å². The van der Waals surface area contributed by atoms with Crippen molar-refractivity contribution in [3.63, 3.8) is 0 Å². The number of rotatable bonds is 3. The van der Waals surface area contributed by atoms with Gasteiger partial charge in [-0.2, -0.15) is 4.31 Å². The average molecular weight is 366 g/mol. The highest BCUT2D eigenvalue weighted by Crippen LogP contribution is 2.33. The monoisotopic (exact) mass is 366 g/mol. The molecular formula is C18H26N2O4S. The zero-order valence-electron chi connectivity index (χ0n) is 14.5. The first kappa shape index (κ1) is 17.1. The maximum Gasteiger partial charge on any atom is 0.243 e. The number of nitrogens with zero attached hydrogens (tertiary/aromatic N) is 2. The standard InChI is InChI=1S/C18H26N2O4S/c21-25(22,16-6-7-17-18(14-16)24-13-12-23-17)20-10-8-19(9-11-20)15-4-2-1-3-5-15/h6-7,14-15H,1-5,8-13H2. The van der Waals surface area contributed by atoms with Gasteiger partial charge in [0.1, 0.15) is 13.2 Å². The molecule has 6 nitrogen and oxygen atoms in total. The first-order chi connectivity index (χ1) is 12.1. The highest BCUT2D eigenvalue weighted by Gasteiger charge is 2.32. The van der Waals surface area contributed by atoms with E-state index in [-0.39, 0.29) is 0 Å². The summed E-state index contributed by atoms with van der Waals surface area (Å²) in [7, 11) is -3.48. The number of ether oxygens (including phenoxy) is 2. The Morgan fingerprint density at radius 3 is 2.28 bits per heavy atom. The summed E-state index contributed by atoms with van der Waals surface area (Å²) in [5.74, 6) is 1.14. The SMILES string of the molecule is O=S(=O)(c1ccc2c(c1)OCCO2)N1CCN(C2CCCCC2)CC1.